The highest BCUT2D eigenvalue weighted by Crippen LogP contribution is 2.24. The average Bonchev–Trinajstić information content (AvgIpc) is 3.51. The zero-order chi connectivity index (χ0) is 36.8. The monoisotopic (exact) mass is 695 g/mol. The van der Waals surface area contributed by atoms with E-state index in [2.05, 4.69) is 20.6 Å². The lowest BCUT2D eigenvalue weighted by molar-refractivity contribution is 0.0543. The molecule has 0 bridgehead atoms. The standard InChI is InChI=1S/C38H41N5O8/c1-37(2,3)50-35(46)41-34(42-36(47)51-38(4,5)6)39-26-15-12-24(13-16-26)33(45)49-28-17-19-30-25(22-28)14-18-31(40-30)32(44)43-21-20-29(23-43)48-27-10-8-7-9-11-27/h7-19,22,29H,20-21,23H2,1-6H3,(H2,39,41,42,46,47)/t29-/m0/s1. The maximum Gasteiger partial charge on any atom is 0.414 e. The van der Waals surface area contributed by atoms with Crippen LogP contribution in [0.3, 0.4) is 0 Å². The number of fused-ring (bicyclic) bond motifs is 1. The van der Waals surface area contributed by atoms with E-state index in [9.17, 15) is 19.2 Å². The Balaban J connectivity index is 1.21. The van der Waals surface area contributed by atoms with Crippen molar-refractivity contribution in [2.24, 2.45) is 4.99 Å². The number of carbonyl (C=O) groups excluding carboxylic acids is 4. The summed E-state index contributed by atoms with van der Waals surface area (Å²) >= 11 is 0. The van der Waals surface area contributed by atoms with Gasteiger partial charge in [-0.05, 0) is 102 Å². The van der Waals surface area contributed by atoms with E-state index in [1.807, 2.05) is 30.3 Å². The van der Waals surface area contributed by atoms with Crippen molar-refractivity contribution in [3.05, 3.63) is 96.2 Å². The number of alkyl carbamates (subject to hydrolysis) is 2. The summed E-state index contributed by atoms with van der Waals surface area (Å²) in [5, 5.41) is 5.51. The number of likely N-dealkylation sites (tertiary alicyclic amines) is 1. The number of hydrogen-bond acceptors (Lipinski definition) is 10. The fourth-order valence-electron chi connectivity index (χ4n) is 5.00. The molecule has 1 saturated heterocycles. The quantitative estimate of drug-likeness (QED) is 0.0960. The van der Waals surface area contributed by atoms with E-state index in [1.165, 1.54) is 24.3 Å². The molecule has 1 fully saturated rings. The third kappa shape index (κ3) is 10.8. The molecular formula is C38H41N5O8. The zero-order valence-electron chi connectivity index (χ0n) is 29.4. The highest BCUT2D eigenvalue weighted by atomic mass is 16.6. The molecule has 2 heterocycles. The summed E-state index contributed by atoms with van der Waals surface area (Å²) in [6.07, 6.45) is -1.02. The molecule has 0 radical (unpaired) electrons. The summed E-state index contributed by atoms with van der Waals surface area (Å²) in [7, 11) is 0. The molecule has 1 aliphatic heterocycles. The van der Waals surface area contributed by atoms with Crippen LogP contribution in [0.2, 0.25) is 0 Å². The molecule has 1 aromatic heterocycles. The highest BCUT2D eigenvalue weighted by molar-refractivity contribution is 6.02. The largest absolute Gasteiger partial charge is 0.489 e. The van der Waals surface area contributed by atoms with Gasteiger partial charge in [0.2, 0.25) is 5.96 Å². The van der Waals surface area contributed by atoms with Crippen LogP contribution in [0.4, 0.5) is 15.3 Å². The van der Waals surface area contributed by atoms with Gasteiger partial charge in [-0.25, -0.2) is 24.4 Å². The highest BCUT2D eigenvalue weighted by Gasteiger charge is 2.29. The first-order valence-corrected chi connectivity index (χ1v) is 16.4. The summed E-state index contributed by atoms with van der Waals surface area (Å²) < 4.78 is 22.2. The molecule has 2 N–H and O–H groups in total. The van der Waals surface area contributed by atoms with Crippen molar-refractivity contribution >= 4 is 46.6 Å². The number of pyridine rings is 1. The Bertz CT molecular complexity index is 1900. The van der Waals surface area contributed by atoms with Crippen LogP contribution in [0.15, 0.2) is 89.9 Å². The van der Waals surface area contributed by atoms with Gasteiger partial charge in [0.15, 0.2) is 0 Å². The average molecular weight is 696 g/mol. The number of hydrogen-bond donors (Lipinski definition) is 2. The molecule has 266 valence electrons. The Morgan fingerprint density at radius 2 is 1.43 bits per heavy atom. The van der Waals surface area contributed by atoms with Gasteiger partial charge in [-0.1, -0.05) is 24.3 Å². The number of esters is 1. The zero-order valence-corrected chi connectivity index (χ0v) is 29.4. The number of guanidine groups is 1. The summed E-state index contributed by atoms with van der Waals surface area (Å²) in [5.74, 6) is 0.0420. The van der Waals surface area contributed by atoms with Gasteiger partial charge in [-0.3, -0.25) is 15.4 Å². The van der Waals surface area contributed by atoms with Crippen LogP contribution in [0.25, 0.3) is 10.9 Å². The fraction of sp³-hybridized carbons (Fsp3) is 0.316. The SMILES string of the molecule is CC(C)(C)OC(=O)NC(=Nc1ccc(C(=O)Oc2ccc3nc(C(=O)N4CC[C@H](Oc5ccccc5)C4)ccc3c2)cc1)NC(=O)OC(C)(C)C. The Hall–Kier alpha value is -5.98. The van der Waals surface area contributed by atoms with E-state index >= 15 is 0 Å². The van der Waals surface area contributed by atoms with Crippen LogP contribution in [0.1, 0.15) is 68.8 Å². The normalized spacial score (nSPS) is 14.3. The van der Waals surface area contributed by atoms with Gasteiger partial charge in [0.25, 0.3) is 5.91 Å². The van der Waals surface area contributed by atoms with Gasteiger partial charge in [0.05, 0.1) is 23.3 Å². The minimum Gasteiger partial charge on any atom is -0.489 e. The topological polar surface area (TPSA) is 158 Å². The predicted octanol–water partition coefficient (Wildman–Crippen LogP) is 6.78. The number of nitrogens with zero attached hydrogens (tertiary/aromatic N) is 3. The van der Waals surface area contributed by atoms with Crippen molar-refractivity contribution in [2.45, 2.75) is 65.3 Å². The Kier molecular flexibility index (Phi) is 10.9. The summed E-state index contributed by atoms with van der Waals surface area (Å²) in [4.78, 5) is 61.6. The molecule has 3 aromatic carbocycles. The lowest BCUT2D eigenvalue weighted by Gasteiger charge is -2.22. The van der Waals surface area contributed by atoms with Gasteiger partial charge in [-0.15, -0.1) is 0 Å². The summed E-state index contributed by atoms with van der Waals surface area (Å²) in [6.45, 7) is 11.2. The second kappa shape index (κ2) is 15.3. The molecule has 1 aliphatic rings. The Labute approximate surface area is 296 Å². The Morgan fingerprint density at radius 1 is 0.784 bits per heavy atom. The van der Waals surface area contributed by atoms with Gasteiger partial charge >= 0.3 is 18.2 Å². The number of benzene rings is 3. The fourth-order valence-corrected chi connectivity index (χ4v) is 5.00. The summed E-state index contributed by atoms with van der Waals surface area (Å²) in [5.41, 5.74) is -0.136. The van der Waals surface area contributed by atoms with E-state index in [4.69, 9.17) is 18.9 Å². The number of nitrogens with one attached hydrogen (secondary N) is 2. The van der Waals surface area contributed by atoms with Crippen molar-refractivity contribution in [2.75, 3.05) is 13.1 Å². The number of para-hydroxylation sites is 1. The van der Waals surface area contributed by atoms with Crippen molar-refractivity contribution in [3.8, 4) is 11.5 Å². The van der Waals surface area contributed by atoms with E-state index < -0.39 is 29.4 Å². The molecule has 13 nitrogen and oxygen atoms in total. The number of rotatable bonds is 6. The van der Waals surface area contributed by atoms with Gasteiger partial charge < -0.3 is 23.8 Å². The van der Waals surface area contributed by atoms with Crippen LogP contribution in [0.5, 0.6) is 11.5 Å². The van der Waals surface area contributed by atoms with E-state index in [0.29, 0.717) is 41.1 Å². The molecule has 1 atom stereocenters. The molecule has 0 aliphatic carbocycles. The third-order valence-corrected chi connectivity index (χ3v) is 7.15. The third-order valence-electron chi connectivity index (χ3n) is 7.15. The lowest BCUT2D eigenvalue weighted by atomic mass is 10.2. The smallest absolute Gasteiger partial charge is 0.414 e. The molecule has 0 spiro atoms. The van der Waals surface area contributed by atoms with Crippen LogP contribution in [-0.4, -0.2) is 70.3 Å². The van der Waals surface area contributed by atoms with Crippen molar-refractivity contribution in [3.63, 3.8) is 0 Å². The van der Waals surface area contributed by atoms with Gasteiger partial charge in [-0.2, -0.15) is 0 Å². The van der Waals surface area contributed by atoms with E-state index in [-0.39, 0.29) is 23.5 Å². The van der Waals surface area contributed by atoms with Crippen molar-refractivity contribution in [1.82, 2.24) is 20.5 Å². The van der Waals surface area contributed by atoms with Gasteiger partial charge in [0.1, 0.15) is 34.5 Å². The molecule has 3 amide bonds. The first kappa shape index (κ1) is 36.3. The molecule has 0 unspecified atom stereocenters. The molecule has 5 rings (SSSR count). The number of carbonyl (C=O) groups is 4. The van der Waals surface area contributed by atoms with Crippen LogP contribution >= 0.6 is 0 Å². The number of ether oxygens (including phenoxy) is 4. The Morgan fingerprint density at radius 3 is 2.06 bits per heavy atom. The van der Waals surface area contributed by atoms with Crippen LogP contribution < -0.4 is 20.1 Å². The maximum absolute atomic E-state index is 13.2. The minimum absolute atomic E-state index is 0.0854. The molecule has 13 heteroatoms. The molecular weight excluding hydrogens is 654 g/mol. The maximum atomic E-state index is 13.2. The first-order chi connectivity index (χ1) is 24.1. The molecule has 0 saturated carbocycles. The van der Waals surface area contributed by atoms with Gasteiger partial charge in [0, 0.05) is 18.4 Å². The second-order valence-corrected chi connectivity index (χ2v) is 13.8. The van der Waals surface area contributed by atoms with Crippen LogP contribution in [0, 0.1) is 0 Å². The summed E-state index contributed by atoms with van der Waals surface area (Å²) in [6, 6.07) is 24.0. The number of aliphatic imine (C=N–C) groups is 1. The lowest BCUT2D eigenvalue weighted by Crippen LogP contribution is -2.47. The van der Waals surface area contributed by atoms with E-state index in [1.54, 1.807) is 76.8 Å². The van der Waals surface area contributed by atoms with E-state index in [0.717, 1.165) is 12.2 Å². The first-order valence-electron chi connectivity index (χ1n) is 16.4. The minimum atomic E-state index is -0.833. The second-order valence-electron chi connectivity index (χ2n) is 13.8. The predicted molar refractivity (Wildman–Crippen MR) is 190 cm³/mol. The number of amides is 3. The van der Waals surface area contributed by atoms with Crippen molar-refractivity contribution in [1.29, 1.82) is 0 Å². The molecule has 51 heavy (non-hydrogen) atoms. The number of aromatic nitrogens is 1. The van der Waals surface area contributed by atoms with Crippen LogP contribution in [-0.2, 0) is 9.47 Å². The van der Waals surface area contributed by atoms with Crippen molar-refractivity contribution < 1.29 is 38.1 Å². The molecule has 4 aromatic rings.